The average molecular weight is 244 g/mol. The maximum atomic E-state index is 10.3. The molecule has 1 aliphatic carbocycles. The molecule has 102 valence electrons. The Morgan fingerprint density at radius 1 is 0.941 bits per heavy atom. The van der Waals surface area contributed by atoms with E-state index in [0.29, 0.717) is 5.92 Å². The molecule has 1 rings (SSSR count). The molecule has 0 atom stereocenters. The van der Waals surface area contributed by atoms with E-state index < -0.39 is 5.97 Å². The first kappa shape index (κ1) is 18.5. The quantitative estimate of drug-likeness (QED) is 0.797. The minimum atomic E-state index is -0.833. The Labute approximate surface area is 106 Å². The van der Waals surface area contributed by atoms with Gasteiger partial charge in [0.05, 0.1) is 0 Å². The van der Waals surface area contributed by atoms with Crippen LogP contribution in [0.15, 0.2) is 0 Å². The number of hydrogen-bond acceptors (Lipinski definition) is 2. The van der Waals surface area contributed by atoms with Gasteiger partial charge in [-0.25, -0.2) is 0 Å². The molecule has 3 heteroatoms. The fourth-order valence-corrected chi connectivity index (χ4v) is 1.64. The summed E-state index contributed by atoms with van der Waals surface area (Å²) in [6, 6.07) is 0. The van der Waals surface area contributed by atoms with Crippen molar-refractivity contribution in [1.29, 1.82) is 0 Å². The molecule has 0 spiro atoms. The van der Waals surface area contributed by atoms with Gasteiger partial charge < -0.3 is 9.90 Å². The van der Waals surface area contributed by atoms with Crippen LogP contribution in [-0.2, 0) is 9.59 Å². The summed E-state index contributed by atoms with van der Waals surface area (Å²) in [5.41, 5.74) is 0. The molecule has 0 amide bonds. The van der Waals surface area contributed by atoms with Crippen molar-refractivity contribution in [2.24, 2.45) is 5.92 Å². The van der Waals surface area contributed by atoms with Crippen molar-refractivity contribution in [2.75, 3.05) is 0 Å². The Morgan fingerprint density at radius 3 is 1.24 bits per heavy atom. The van der Waals surface area contributed by atoms with Crippen LogP contribution < -0.4 is 0 Å². The summed E-state index contributed by atoms with van der Waals surface area (Å²) in [5.74, 6) is -0.0208. The first-order valence-electron chi connectivity index (χ1n) is 6.55. The van der Waals surface area contributed by atoms with Crippen LogP contribution >= 0.6 is 0 Å². The molecule has 3 nitrogen and oxygen atoms in total. The molecule has 0 aromatic heterocycles. The molecular formula is C14H28O3. The SMILES string of the molecule is C1CCCCC1.CC(=O)CC(C)C.CC(=O)O. The molecule has 0 bridgehead atoms. The molecule has 0 aromatic carbocycles. The van der Waals surface area contributed by atoms with Crippen molar-refractivity contribution < 1.29 is 14.7 Å². The van der Waals surface area contributed by atoms with Gasteiger partial charge in [0, 0.05) is 13.3 Å². The molecule has 0 heterocycles. The maximum Gasteiger partial charge on any atom is 0.300 e. The smallest absolute Gasteiger partial charge is 0.300 e. The van der Waals surface area contributed by atoms with Crippen LogP contribution in [0.4, 0.5) is 0 Å². The number of carbonyl (C=O) groups excluding carboxylic acids is 1. The van der Waals surface area contributed by atoms with Crippen molar-refractivity contribution in [1.82, 2.24) is 0 Å². The van der Waals surface area contributed by atoms with Crippen molar-refractivity contribution >= 4 is 11.8 Å². The number of Topliss-reactive ketones (excluding diaryl/α,β-unsaturated/α-hetero) is 1. The maximum absolute atomic E-state index is 10.3. The Balaban J connectivity index is 0. The van der Waals surface area contributed by atoms with Crippen molar-refractivity contribution in [2.45, 2.75) is 72.6 Å². The molecule has 1 fully saturated rings. The Hall–Kier alpha value is -0.860. The highest BCUT2D eigenvalue weighted by Gasteiger charge is 1.96. The van der Waals surface area contributed by atoms with Crippen molar-refractivity contribution in [3.8, 4) is 0 Å². The predicted molar refractivity (Wildman–Crippen MR) is 71.1 cm³/mol. The molecule has 1 N–H and O–H groups in total. The third kappa shape index (κ3) is 31.3. The second kappa shape index (κ2) is 13.2. The van der Waals surface area contributed by atoms with Crippen molar-refractivity contribution in [3.63, 3.8) is 0 Å². The predicted octanol–water partition coefficient (Wildman–Crippen LogP) is 4.05. The zero-order valence-corrected chi connectivity index (χ0v) is 11.8. The van der Waals surface area contributed by atoms with Gasteiger partial charge in [0.15, 0.2) is 0 Å². The van der Waals surface area contributed by atoms with Crippen molar-refractivity contribution in [3.05, 3.63) is 0 Å². The lowest BCUT2D eigenvalue weighted by Gasteiger charge is -2.05. The number of ketones is 1. The summed E-state index contributed by atoms with van der Waals surface area (Å²) >= 11 is 0. The van der Waals surface area contributed by atoms with Gasteiger partial charge in [-0.1, -0.05) is 52.4 Å². The lowest BCUT2D eigenvalue weighted by atomic mass is 10.0. The zero-order chi connectivity index (χ0) is 13.7. The first-order valence-corrected chi connectivity index (χ1v) is 6.55. The highest BCUT2D eigenvalue weighted by atomic mass is 16.4. The van der Waals surface area contributed by atoms with Gasteiger partial charge in [0.25, 0.3) is 5.97 Å². The first-order chi connectivity index (χ1) is 7.86. The largest absolute Gasteiger partial charge is 0.481 e. The Morgan fingerprint density at radius 2 is 1.18 bits per heavy atom. The van der Waals surface area contributed by atoms with Gasteiger partial charge in [-0.05, 0) is 12.8 Å². The van der Waals surface area contributed by atoms with Crippen LogP contribution in [0.2, 0.25) is 0 Å². The molecule has 1 aliphatic rings. The lowest BCUT2D eigenvalue weighted by molar-refractivity contribution is -0.134. The third-order valence-electron chi connectivity index (χ3n) is 2.20. The summed E-state index contributed by atoms with van der Waals surface area (Å²) in [6.07, 6.45) is 9.72. The van der Waals surface area contributed by atoms with E-state index in [4.69, 9.17) is 9.90 Å². The molecule has 0 radical (unpaired) electrons. The summed E-state index contributed by atoms with van der Waals surface area (Å²) < 4.78 is 0. The summed E-state index contributed by atoms with van der Waals surface area (Å²) in [5, 5.41) is 7.42. The number of carboxylic acid groups (broad SMARTS) is 1. The van der Waals surface area contributed by atoms with E-state index in [-0.39, 0.29) is 5.78 Å². The lowest BCUT2D eigenvalue weighted by Crippen LogP contribution is -1.95. The Bertz CT molecular complexity index is 178. The highest BCUT2D eigenvalue weighted by molar-refractivity contribution is 5.75. The fraction of sp³-hybridized carbons (Fsp3) is 0.857. The molecule has 1 saturated carbocycles. The molecule has 0 unspecified atom stereocenters. The number of hydrogen-bond donors (Lipinski definition) is 1. The number of carbonyl (C=O) groups is 2. The monoisotopic (exact) mass is 244 g/mol. The van der Waals surface area contributed by atoms with E-state index in [9.17, 15) is 4.79 Å². The number of carboxylic acids is 1. The van der Waals surface area contributed by atoms with Gasteiger partial charge in [-0.15, -0.1) is 0 Å². The van der Waals surface area contributed by atoms with Gasteiger partial charge >= 0.3 is 0 Å². The minimum absolute atomic E-state index is 0.287. The van der Waals surface area contributed by atoms with Crippen LogP contribution in [0.25, 0.3) is 0 Å². The fourth-order valence-electron chi connectivity index (χ4n) is 1.64. The number of aliphatic carboxylic acids is 1. The van der Waals surface area contributed by atoms with Crippen LogP contribution in [0, 0.1) is 5.92 Å². The van der Waals surface area contributed by atoms with E-state index in [0.717, 1.165) is 13.3 Å². The highest BCUT2D eigenvalue weighted by Crippen LogP contribution is 2.15. The van der Waals surface area contributed by atoms with Gasteiger partial charge in [-0.3, -0.25) is 4.79 Å². The zero-order valence-electron chi connectivity index (χ0n) is 11.8. The van der Waals surface area contributed by atoms with E-state index in [1.807, 2.05) is 13.8 Å². The normalized spacial score (nSPS) is 13.9. The molecular weight excluding hydrogens is 216 g/mol. The van der Waals surface area contributed by atoms with E-state index in [1.54, 1.807) is 6.92 Å². The second-order valence-electron chi connectivity index (χ2n) is 4.94. The van der Waals surface area contributed by atoms with E-state index in [1.165, 1.54) is 38.5 Å². The summed E-state index contributed by atoms with van der Waals surface area (Å²) in [6.45, 7) is 6.79. The number of rotatable bonds is 2. The van der Waals surface area contributed by atoms with E-state index in [2.05, 4.69) is 0 Å². The summed E-state index contributed by atoms with van der Waals surface area (Å²) in [4.78, 5) is 19.3. The van der Waals surface area contributed by atoms with Gasteiger partial charge in [0.2, 0.25) is 0 Å². The van der Waals surface area contributed by atoms with E-state index >= 15 is 0 Å². The second-order valence-corrected chi connectivity index (χ2v) is 4.94. The van der Waals surface area contributed by atoms with Gasteiger partial charge in [-0.2, -0.15) is 0 Å². The average Bonchev–Trinajstić information content (AvgIpc) is 2.18. The molecule has 17 heavy (non-hydrogen) atoms. The Kier molecular flexibility index (Phi) is 14.4. The standard InChI is InChI=1S/C6H12O.C6H12.C2H4O2/c1-5(2)4-6(3)7;1-2-4-6-5-3-1;1-2(3)4/h5H,4H2,1-3H3;1-6H2;1H3,(H,3,4). The third-order valence-corrected chi connectivity index (χ3v) is 2.20. The van der Waals surface area contributed by atoms with Crippen LogP contribution in [0.5, 0.6) is 0 Å². The topological polar surface area (TPSA) is 54.4 Å². The van der Waals surface area contributed by atoms with Gasteiger partial charge in [0.1, 0.15) is 5.78 Å². The molecule has 0 saturated heterocycles. The van der Waals surface area contributed by atoms with Crippen LogP contribution in [-0.4, -0.2) is 16.9 Å². The molecule has 0 aromatic rings. The van der Waals surface area contributed by atoms with Crippen LogP contribution in [0.1, 0.15) is 72.6 Å². The van der Waals surface area contributed by atoms with Crippen LogP contribution in [0.3, 0.4) is 0 Å². The molecule has 0 aliphatic heterocycles. The summed E-state index contributed by atoms with van der Waals surface area (Å²) in [7, 11) is 0. The minimum Gasteiger partial charge on any atom is -0.481 e.